The zero-order chi connectivity index (χ0) is 26.4. The number of carbonyl (C=O) groups excluding carboxylic acids is 2. The van der Waals surface area contributed by atoms with Gasteiger partial charge in [0.05, 0.1) is 6.20 Å². The lowest BCUT2D eigenvalue weighted by molar-refractivity contribution is -0.138. The highest BCUT2D eigenvalue weighted by Crippen LogP contribution is 2.46. The molecular weight excluding hydrogens is 474 g/mol. The summed E-state index contributed by atoms with van der Waals surface area (Å²) in [6.45, 7) is 8.37. The summed E-state index contributed by atoms with van der Waals surface area (Å²) in [6.07, 6.45) is 7.13. The van der Waals surface area contributed by atoms with Gasteiger partial charge in [-0.2, -0.15) is 5.10 Å². The van der Waals surface area contributed by atoms with Crippen LogP contribution in [-0.2, 0) is 9.59 Å². The van der Waals surface area contributed by atoms with E-state index in [4.69, 9.17) is 4.99 Å². The second-order valence-corrected chi connectivity index (χ2v) is 11.3. The maximum Gasteiger partial charge on any atom is 0.256 e. The Labute approximate surface area is 224 Å². The Morgan fingerprint density at radius 2 is 1.53 bits per heavy atom. The lowest BCUT2D eigenvalue weighted by Crippen LogP contribution is -2.55. The van der Waals surface area contributed by atoms with Crippen LogP contribution >= 0.6 is 0 Å². The molecule has 1 saturated heterocycles. The van der Waals surface area contributed by atoms with E-state index >= 15 is 0 Å². The van der Waals surface area contributed by atoms with Gasteiger partial charge in [0.25, 0.3) is 5.91 Å². The summed E-state index contributed by atoms with van der Waals surface area (Å²) in [4.78, 5) is 34.1. The van der Waals surface area contributed by atoms with Crippen molar-refractivity contribution >= 4 is 17.6 Å². The minimum atomic E-state index is -0.533. The summed E-state index contributed by atoms with van der Waals surface area (Å²) in [5, 5.41) is 4.45. The van der Waals surface area contributed by atoms with Crippen LogP contribution in [0.15, 0.2) is 65.9 Å². The number of amides is 2. The van der Waals surface area contributed by atoms with Gasteiger partial charge >= 0.3 is 0 Å². The highest BCUT2D eigenvalue weighted by molar-refractivity contribution is 6.16. The Hall–Kier alpha value is -3.74. The van der Waals surface area contributed by atoms with Gasteiger partial charge in [-0.15, -0.1) is 0 Å². The Morgan fingerprint density at radius 3 is 2.05 bits per heavy atom. The van der Waals surface area contributed by atoms with E-state index < -0.39 is 5.54 Å². The van der Waals surface area contributed by atoms with Crippen LogP contribution in [0.1, 0.15) is 58.1 Å². The molecule has 1 aliphatic carbocycles. The van der Waals surface area contributed by atoms with E-state index in [2.05, 4.69) is 73.7 Å². The van der Waals surface area contributed by atoms with E-state index in [1.807, 2.05) is 27.6 Å². The van der Waals surface area contributed by atoms with Gasteiger partial charge in [-0.05, 0) is 49.8 Å². The minimum Gasteiger partial charge on any atom is -0.342 e. The van der Waals surface area contributed by atoms with Gasteiger partial charge in [0.15, 0.2) is 0 Å². The fourth-order valence-electron chi connectivity index (χ4n) is 5.45. The molecule has 0 radical (unpaired) electrons. The summed E-state index contributed by atoms with van der Waals surface area (Å²) in [7, 11) is 0. The smallest absolute Gasteiger partial charge is 0.256 e. The molecule has 7 nitrogen and oxygen atoms in total. The Morgan fingerprint density at radius 1 is 0.947 bits per heavy atom. The number of aliphatic imine (C=N–C) groups is 1. The zero-order valence-electron chi connectivity index (χ0n) is 22.4. The molecule has 2 aromatic carbocycles. The van der Waals surface area contributed by atoms with Crippen molar-refractivity contribution in [3.63, 3.8) is 0 Å². The van der Waals surface area contributed by atoms with Gasteiger partial charge in [-0.25, -0.2) is 0 Å². The average molecular weight is 510 g/mol. The number of hydrogen-bond donors (Lipinski definition) is 0. The summed E-state index contributed by atoms with van der Waals surface area (Å²) in [5.74, 6) is 1.45. The van der Waals surface area contributed by atoms with Crippen molar-refractivity contribution in [2.24, 2.45) is 10.9 Å². The number of hydrogen-bond acceptors (Lipinski definition) is 4. The standard InChI is InChI=1S/C31H35N5O2/c1-4-5-28(37)34-17-22(18-34)19-35-29(33-31(14-15-31)30(35)38)26-12-10-24(11-13-26)23-6-8-25(9-7-23)27-16-32-36(20-27)21(2)3/h6-13,16,20-22H,4-5,14-15,17-19H2,1-3H3. The minimum absolute atomic E-state index is 0.131. The van der Waals surface area contributed by atoms with Crippen LogP contribution in [0, 0.1) is 5.92 Å². The van der Waals surface area contributed by atoms with Crippen LogP contribution in [0.4, 0.5) is 0 Å². The van der Waals surface area contributed by atoms with E-state index in [0.717, 1.165) is 66.0 Å². The third-order valence-electron chi connectivity index (χ3n) is 7.98. The molecule has 196 valence electrons. The van der Waals surface area contributed by atoms with Crippen LogP contribution in [0.3, 0.4) is 0 Å². The summed E-state index contributed by atoms with van der Waals surface area (Å²) in [5.41, 5.74) is 4.97. The number of benzene rings is 2. The van der Waals surface area contributed by atoms with Crippen LogP contribution in [0.5, 0.6) is 0 Å². The first-order valence-corrected chi connectivity index (χ1v) is 13.8. The first kappa shape index (κ1) is 24.6. The second kappa shape index (κ2) is 9.53. The van der Waals surface area contributed by atoms with E-state index in [-0.39, 0.29) is 11.8 Å². The van der Waals surface area contributed by atoms with Crippen molar-refractivity contribution in [3.8, 4) is 22.3 Å². The van der Waals surface area contributed by atoms with Crippen LogP contribution < -0.4 is 0 Å². The topological polar surface area (TPSA) is 70.8 Å². The molecule has 0 bridgehead atoms. The molecule has 3 heterocycles. The first-order chi connectivity index (χ1) is 18.4. The van der Waals surface area contributed by atoms with Crippen molar-refractivity contribution < 1.29 is 9.59 Å². The van der Waals surface area contributed by atoms with Crippen molar-refractivity contribution in [1.82, 2.24) is 19.6 Å². The van der Waals surface area contributed by atoms with Crippen LogP contribution in [-0.4, -0.2) is 62.4 Å². The molecule has 6 rings (SSSR count). The number of carbonyl (C=O) groups is 2. The summed E-state index contributed by atoms with van der Waals surface area (Å²) >= 11 is 0. The number of amidine groups is 1. The molecule has 0 N–H and O–H groups in total. The maximum absolute atomic E-state index is 13.3. The molecular formula is C31H35N5O2. The van der Waals surface area contributed by atoms with E-state index in [1.54, 1.807) is 0 Å². The monoisotopic (exact) mass is 509 g/mol. The van der Waals surface area contributed by atoms with E-state index in [0.29, 0.717) is 24.9 Å². The Balaban J connectivity index is 1.16. The summed E-state index contributed by atoms with van der Waals surface area (Å²) in [6, 6.07) is 17.3. The predicted molar refractivity (Wildman–Crippen MR) is 149 cm³/mol. The highest BCUT2D eigenvalue weighted by Gasteiger charge is 2.57. The van der Waals surface area contributed by atoms with Gasteiger partial charge in [0.2, 0.25) is 5.91 Å². The number of likely N-dealkylation sites (tertiary alicyclic amines) is 1. The predicted octanol–water partition coefficient (Wildman–Crippen LogP) is 5.18. The highest BCUT2D eigenvalue weighted by atomic mass is 16.2. The molecule has 2 amide bonds. The molecule has 1 saturated carbocycles. The van der Waals surface area contributed by atoms with Crippen molar-refractivity contribution in [3.05, 3.63) is 66.5 Å². The molecule has 38 heavy (non-hydrogen) atoms. The molecule has 1 spiro atoms. The van der Waals surface area contributed by atoms with Gasteiger partial charge < -0.3 is 4.90 Å². The fraction of sp³-hybridized carbons (Fsp3) is 0.419. The molecule has 2 fully saturated rings. The van der Waals surface area contributed by atoms with E-state index in [9.17, 15) is 9.59 Å². The Kier molecular flexibility index (Phi) is 6.17. The maximum atomic E-state index is 13.3. The quantitative estimate of drug-likeness (QED) is 0.420. The number of aromatic nitrogens is 2. The second-order valence-electron chi connectivity index (χ2n) is 11.3. The van der Waals surface area contributed by atoms with Crippen LogP contribution in [0.2, 0.25) is 0 Å². The van der Waals surface area contributed by atoms with Gasteiger partial charge in [-0.3, -0.25) is 24.2 Å². The molecule has 0 atom stereocenters. The third-order valence-corrected chi connectivity index (χ3v) is 7.98. The van der Waals surface area contributed by atoms with Crippen molar-refractivity contribution in [2.75, 3.05) is 19.6 Å². The zero-order valence-corrected chi connectivity index (χ0v) is 22.4. The lowest BCUT2D eigenvalue weighted by atomic mass is 9.97. The normalized spacial score (nSPS) is 18.3. The third kappa shape index (κ3) is 4.44. The fourth-order valence-corrected chi connectivity index (χ4v) is 5.45. The van der Waals surface area contributed by atoms with Gasteiger partial charge in [0, 0.05) is 55.3 Å². The molecule has 3 aliphatic rings. The molecule has 2 aliphatic heterocycles. The molecule has 1 aromatic heterocycles. The molecule has 7 heteroatoms. The SMILES string of the molecule is CCCC(=O)N1CC(CN2C(=O)C3(CC3)N=C2c2ccc(-c3ccc(-c4cnn(C(C)C)c4)cc3)cc2)C1. The Bertz CT molecular complexity index is 1380. The van der Waals surface area contributed by atoms with Crippen molar-refractivity contribution in [2.45, 2.75) is 58.0 Å². The molecule has 3 aromatic rings. The first-order valence-electron chi connectivity index (χ1n) is 13.8. The number of rotatable bonds is 8. The van der Waals surface area contributed by atoms with Crippen LogP contribution in [0.25, 0.3) is 22.3 Å². The van der Waals surface area contributed by atoms with Gasteiger partial charge in [0.1, 0.15) is 11.4 Å². The van der Waals surface area contributed by atoms with Crippen molar-refractivity contribution in [1.29, 1.82) is 0 Å². The van der Waals surface area contributed by atoms with E-state index in [1.165, 1.54) is 0 Å². The largest absolute Gasteiger partial charge is 0.342 e. The van der Waals surface area contributed by atoms with Gasteiger partial charge in [-0.1, -0.05) is 55.5 Å². The lowest BCUT2D eigenvalue weighted by Gasteiger charge is -2.41. The summed E-state index contributed by atoms with van der Waals surface area (Å²) < 4.78 is 1.97. The average Bonchev–Trinajstić information content (AvgIpc) is 3.41. The molecule has 0 unspecified atom stereocenters. The number of nitrogens with zero attached hydrogens (tertiary/aromatic N) is 5.